The van der Waals surface area contributed by atoms with Crippen LogP contribution in [0.25, 0.3) is 0 Å². The fraction of sp³-hybridized carbons (Fsp3) is 0.457. The van der Waals surface area contributed by atoms with E-state index >= 15 is 0 Å². The van der Waals surface area contributed by atoms with E-state index in [-0.39, 0.29) is 55.5 Å². The van der Waals surface area contributed by atoms with Gasteiger partial charge in [0.1, 0.15) is 12.6 Å². The minimum Gasteiger partial charge on any atom is -0.451 e. The molecule has 5 rings (SSSR count). The largest absolute Gasteiger partial charge is 0.451 e. The normalized spacial score (nSPS) is 20.5. The SMILES string of the molecule is NC(N)=NCCC[C@H](NC(=O)[C@@H]1CCCN1C(=O)C1CCCCC1NC(=O)OCc1ccccc1)C(=O)C(OC=O)c1c2cccc1C(=O)N2. The lowest BCUT2D eigenvalue weighted by Gasteiger charge is -2.35. The summed E-state index contributed by atoms with van der Waals surface area (Å²) >= 11 is 0. The average Bonchev–Trinajstić information content (AvgIpc) is 3.67. The van der Waals surface area contributed by atoms with Crippen molar-refractivity contribution >= 4 is 47.7 Å². The Bertz CT molecular complexity index is 1610. The van der Waals surface area contributed by atoms with Gasteiger partial charge in [0.25, 0.3) is 12.4 Å². The molecule has 0 spiro atoms. The quantitative estimate of drug-likeness (QED) is 0.0792. The van der Waals surface area contributed by atoms with Gasteiger partial charge >= 0.3 is 6.09 Å². The number of amides is 4. The first-order chi connectivity index (χ1) is 24.2. The Labute approximate surface area is 289 Å². The molecular formula is C35H43N7O8. The maximum Gasteiger partial charge on any atom is 0.407 e. The fourth-order valence-corrected chi connectivity index (χ4v) is 6.95. The summed E-state index contributed by atoms with van der Waals surface area (Å²) in [5, 5.41) is 8.33. The van der Waals surface area contributed by atoms with Crippen molar-refractivity contribution in [1.29, 1.82) is 0 Å². The van der Waals surface area contributed by atoms with E-state index in [1.54, 1.807) is 12.1 Å². The van der Waals surface area contributed by atoms with Gasteiger partial charge in [-0.25, -0.2) is 4.79 Å². The number of benzene rings is 2. The molecule has 2 fully saturated rings. The summed E-state index contributed by atoms with van der Waals surface area (Å²) in [5.74, 6) is -2.57. The summed E-state index contributed by atoms with van der Waals surface area (Å²) in [4.78, 5) is 84.3. The zero-order chi connectivity index (χ0) is 35.6. The topological polar surface area (TPSA) is 225 Å². The van der Waals surface area contributed by atoms with Crippen molar-refractivity contribution in [3.05, 3.63) is 65.2 Å². The highest BCUT2D eigenvalue weighted by molar-refractivity contribution is 6.13. The van der Waals surface area contributed by atoms with Crippen LogP contribution in [0.3, 0.4) is 0 Å². The van der Waals surface area contributed by atoms with Gasteiger partial charge in [-0.05, 0) is 56.2 Å². The first kappa shape index (κ1) is 35.8. The molecule has 0 radical (unpaired) electrons. The second-order valence-electron chi connectivity index (χ2n) is 12.6. The van der Waals surface area contributed by atoms with E-state index in [1.165, 1.54) is 11.0 Å². The zero-order valence-electron chi connectivity index (χ0n) is 27.7. The Kier molecular flexibility index (Phi) is 12.0. The number of Topliss-reactive ketones (excluding diaryl/α,β-unsaturated/α-hetero) is 1. The summed E-state index contributed by atoms with van der Waals surface area (Å²) in [6, 6.07) is 11.5. The Morgan fingerprint density at radius 2 is 1.80 bits per heavy atom. The summed E-state index contributed by atoms with van der Waals surface area (Å²) in [5.41, 5.74) is 12.5. The summed E-state index contributed by atoms with van der Waals surface area (Å²) in [6.07, 6.45) is 1.97. The van der Waals surface area contributed by atoms with E-state index in [0.717, 1.165) is 18.4 Å². The van der Waals surface area contributed by atoms with Gasteiger partial charge in [-0.15, -0.1) is 0 Å². The predicted molar refractivity (Wildman–Crippen MR) is 181 cm³/mol. The number of hydrogen-bond acceptors (Lipinski definition) is 9. The summed E-state index contributed by atoms with van der Waals surface area (Å²) < 4.78 is 10.7. The van der Waals surface area contributed by atoms with E-state index in [0.29, 0.717) is 37.9 Å². The highest BCUT2D eigenvalue weighted by Gasteiger charge is 2.43. The molecule has 0 aromatic heterocycles. The number of nitrogens with one attached hydrogen (secondary N) is 3. The van der Waals surface area contributed by atoms with Gasteiger partial charge in [0, 0.05) is 35.9 Å². The third kappa shape index (κ3) is 8.57. The molecule has 4 amide bonds. The first-order valence-electron chi connectivity index (χ1n) is 16.9. The number of guanidine groups is 1. The molecule has 3 unspecified atom stereocenters. The second-order valence-corrected chi connectivity index (χ2v) is 12.6. The number of likely N-dealkylation sites (tertiary alicyclic amines) is 1. The molecule has 15 heteroatoms. The number of fused-ring (bicyclic) bond motifs is 2. The number of hydrogen-bond donors (Lipinski definition) is 5. The third-order valence-electron chi connectivity index (χ3n) is 9.35. The maximum atomic E-state index is 14.0. The van der Waals surface area contributed by atoms with Gasteiger partial charge < -0.3 is 41.8 Å². The number of aliphatic imine (C=N–C) groups is 1. The van der Waals surface area contributed by atoms with Crippen LogP contribution in [0.4, 0.5) is 10.5 Å². The van der Waals surface area contributed by atoms with Crippen molar-refractivity contribution in [3.8, 4) is 0 Å². The fourth-order valence-electron chi connectivity index (χ4n) is 6.95. The Morgan fingerprint density at radius 3 is 2.54 bits per heavy atom. The molecule has 1 saturated heterocycles. The van der Waals surface area contributed by atoms with Crippen molar-refractivity contribution < 1.29 is 38.2 Å². The molecule has 2 aliphatic heterocycles. The van der Waals surface area contributed by atoms with Gasteiger partial charge in [-0.1, -0.05) is 49.2 Å². The molecule has 15 nitrogen and oxygen atoms in total. The average molecular weight is 690 g/mol. The lowest BCUT2D eigenvalue weighted by Crippen LogP contribution is -2.55. The smallest absolute Gasteiger partial charge is 0.407 e. The van der Waals surface area contributed by atoms with Crippen LogP contribution in [0.5, 0.6) is 0 Å². The van der Waals surface area contributed by atoms with Gasteiger partial charge in [-0.3, -0.25) is 29.0 Å². The lowest BCUT2D eigenvalue weighted by atomic mass is 9.83. The summed E-state index contributed by atoms with van der Waals surface area (Å²) in [7, 11) is 0. The van der Waals surface area contributed by atoms with Gasteiger partial charge in [0.15, 0.2) is 17.8 Å². The van der Waals surface area contributed by atoms with Crippen LogP contribution in [0.1, 0.15) is 79.0 Å². The highest BCUT2D eigenvalue weighted by atomic mass is 16.5. The molecule has 7 N–H and O–H groups in total. The predicted octanol–water partition coefficient (Wildman–Crippen LogP) is 2.05. The molecule has 1 aliphatic carbocycles. The highest BCUT2D eigenvalue weighted by Crippen LogP contribution is 2.36. The minimum atomic E-state index is -1.48. The Balaban J connectivity index is 1.29. The van der Waals surface area contributed by atoms with Gasteiger partial charge in [-0.2, -0.15) is 0 Å². The molecule has 2 aromatic carbocycles. The standard InChI is InChI=1S/C35H43N7O8/c36-34(37)38-17-7-15-26(29(44)30(50-20-43)28-23-12-6-14-25(28)39-31(23)45)40-32(46)27-16-8-18-42(27)33(47)22-11-4-5-13-24(22)41-35(48)49-19-21-9-2-1-3-10-21/h1-3,6,9-10,12,14,20,22,24,26-27,30H,4-5,7-8,11,13,15-19H2,(H,39,45)(H,40,46)(H,41,48)(H4,36,37,38)/t22?,24?,26-,27-,30?/m0/s1. The van der Waals surface area contributed by atoms with Crippen LogP contribution in [0, 0.1) is 5.92 Å². The van der Waals surface area contributed by atoms with Crippen LogP contribution < -0.4 is 27.4 Å². The van der Waals surface area contributed by atoms with Crippen molar-refractivity contribution in [2.45, 2.75) is 82.2 Å². The molecule has 2 heterocycles. The van der Waals surface area contributed by atoms with Crippen LogP contribution in [-0.4, -0.2) is 78.1 Å². The van der Waals surface area contributed by atoms with E-state index < -0.39 is 53.8 Å². The van der Waals surface area contributed by atoms with Gasteiger partial charge in [0.05, 0.1) is 12.0 Å². The van der Waals surface area contributed by atoms with E-state index in [4.69, 9.17) is 20.9 Å². The number of ketones is 1. The minimum absolute atomic E-state index is 0.0827. The second kappa shape index (κ2) is 16.8. The molecule has 2 aromatic rings. The van der Waals surface area contributed by atoms with Gasteiger partial charge in [0.2, 0.25) is 11.8 Å². The number of anilines is 1. The van der Waals surface area contributed by atoms with Crippen LogP contribution in [0.2, 0.25) is 0 Å². The molecule has 266 valence electrons. The number of carbonyl (C=O) groups is 6. The zero-order valence-corrected chi connectivity index (χ0v) is 27.7. The van der Waals surface area contributed by atoms with Crippen LogP contribution in [-0.2, 0) is 35.3 Å². The number of nitrogens with zero attached hydrogens (tertiary/aromatic N) is 2. The van der Waals surface area contributed by atoms with Crippen molar-refractivity contribution in [2.75, 3.05) is 18.4 Å². The molecule has 50 heavy (non-hydrogen) atoms. The van der Waals surface area contributed by atoms with Crippen molar-refractivity contribution in [2.24, 2.45) is 22.4 Å². The van der Waals surface area contributed by atoms with Crippen LogP contribution >= 0.6 is 0 Å². The first-order valence-corrected chi connectivity index (χ1v) is 16.9. The molecule has 2 bridgehead atoms. The number of ether oxygens (including phenoxy) is 2. The number of rotatable bonds is 15. The van der Waals surface area contributed by atoms with Crippen molar-refractivity contribution in [1.82, 2.24) is 15.5 Å². The monoisotopic (exact) mass is 689 g/mol. The van der Waals surface area contributed by atoms with Crippen LogP contribution in [0.15, 0.2) is 53.5 Å². The maximum absolute atomic E-state index is 14.0. The van der Waals surface area contributed by atoms with E-state index in [9.17, 15) is 28.8 Å². The van der Waals surface area contributed by atoms with E-state index in [1.807, 2.05) is 30.3 Å². The number of nitrogens with two attached hydrogens (primary N) is 2. The molecule has 3 aliphatic rings. The summed E-state index contributed by atoms with van der Waals surface area (Å²) in [6.45, 7) is 0.724. The molecular weight excluding hydrogens is 646 g/mol. The number of carbonyl (C=O) groups excluding carboxylic acids is 6. The molecule has 1 saturated carbocycles. The Morgan fingerprint density at radius 1 is 1.02 bits per heavy atom. The Hall–Kier alpha value is -5.47. The number of alkyl carbamates (subject to hydrolysis) is 1. The molecule has 5 atom stereocenters. The van der Waals surface area contributed by atoms with E-state index in [2.05, 4.69) is 20.9 Å². The third-order valence-corrected chi connectivity index (χ3v) is 9.35. The lowest BCUT2D eigenvalue weighted by molar-refractivity contribution is -0.147. The van der Waals surface area contributed by atoms with Crippen molar-refractivity contribution in [3.63, 3.8) is 0 Å².